The van der Waals surface area contributed by atoms with Crippen LogP contribution in [0, 0.1) is 5.92 Å². The SMILES string of the molecule is CC(C)C(=O)NC(C)c1ccc(Br)cc1OCCCO. The van der Waals surface area contributed by atoms with Gasteiger partial charge in [-0.05, 0) is 19.1 Å². The van der Waals surface area contributed by atoms with Crippen LogP contribution in [0.25, 0.3) is 0 Å². The Morgan fingerprint density at radius 2 is 2.10 bits per heavy atom. The lowest BCUT2D eigenvalue weighted by atomic mass is 10.1. The normalized spacial score (nSPS) is 12.3. The van der Waals surface area contributed by atoms with Crippen LogP contribution in [0.4, 0.5) is 0 Å². The second-order valence-electron chi connectivity index (χ2n) is 4.99. The zero-order valence-corrected chi connectivity index (χ0v) is 13.7. The van der Waals surface area contributed by atoms with Crippen molar-refractivity contribution in [1.82, 2.24) is 5.32 Å². The molecule has 1 rings (SSSR count). The molecular weight excluding hydrogens is 322 g/mol. The number of nitrogens with one attached hydrogen (secondary N) is 1. The van der Waals surface area contributed by atoms with Crippen LogP contribution in [0.1, 0.15) is 38.8 Å². The van der Waals surface area contributed by atoms with Gasteiger partial charge in [-0.15, -0.1) is 0 Å². The minimum atomic E-state index is -0.123. The summed E-state index contributed by atoms with van der Waals surface area (Å²) < 4.78 is 6.60. The van der Waals surface area contributed by atoms with Crippen LogP contribution in [-0.4, -0.2) is 24.2 Å². The molecule has 2 N–H and O–H groups in total. The van der Waals surface area contributed by atoms with Crippen molar-refractivity contribution >= 4 is 21.8 Å². The molecule has 5 heteroatoms. The number of carbonyl (C=O) groups is 1. The Hall–Kier alpha value is -1.07. The number of aliphatic hydroxyl groups excluding tert-OH is 1. The number of amides is 1. The maximum absolute atomic E-state index is 11.8. The molecule has 0 aliphatic carbocycles. The summed E-state index contributed by atoms with van der Waals surface area (Å²) >= 11 is 3.41. The maximum atomic E-state index is 11.8. The molecule has 0 radical (unpaired) electrons. The molecule has 1 aromatic carbocycles. The van der Waals surface area contributed by atoms with Gasteiger partial charge in [0.2, 0.25) is 5.91 Å². The van der Waals surface area contributed by atoms with E-state index in [1.165, 1.54) is 0 Å². The largest absolute Gasteiger partial charge is 0.493 e. The molecule has 112 valence electrons. The second kappa shape index (κ2) is 8.27. The monoisotopic (exact) mass is 343 g/mol. The highest BCUT2D eigenvalue weighted by Gasteiger charge is 2.16. The number of halogens is 1. The number of ether oxygens (including phenoxy) is 1. The smallest absolute Gasteiger partial charge is 0.223 e. The van der Waals surface area contributed by atoms with Gasteiger partial charge in [0.05, 0.1) is 12.6 Å². The predicted octanol–water partition coefficient (Wildman–Crippen LogP) is 3.04. The molecule has 1 amide bonds. The fourth-order valence-corrected chi connectivity index (χ4v) is 2.04. The number of benzene rings is 1. The molecule has 0 saturated carbocycles. The van der Waals surface area contributed by atoms with E-state index in [0.717, 1.165) is 15.8 Å². The molecule has 0 heterocycles. The van der Waals surface area contributed by atoms with Gasteiger partial charge in [-0.1, -0.05) is 35.8 Å². The molecule has 0 aliphatic rings. The molecule has 0 aliphatic heterocycles. The molecule has 0 saturated heterocycles. The Bertz CT molecular complexity index is 449. The maximum Gasteiger partial charge on any atom is 0.223 e. The first kappa shape index (κ1) is 17.0. The van der Waals surface area contributed by atoms with Gasteiger partial charge in [0.15, 0.2) is 0 Å². The Balaban J connectivity index is 2.83. The van der Waals surface area contributed by atoms with Crippen molar-refractivity contribution in [2.24, 2.45) is 5.92 Å². The van der Waals surface area contributed by atoms with Gasteiger partial charge in [-0.25, -0.2) is 0 Å². The topological polar surface area (TPSA) is 58.6 Å². The minimum absolute atomic E-state index is 0.0155. The molecule has 0 spiro atoms. The Labute approximate surface area is 128 Å². The third kappa shape index (κ3) is 5.13. The van der Waals surface area contributed by atoms with E-state index < -0.39 is 0 Å². The highest BCUT2D eigenvalue weighted by atomic mass is 79.9. The van der Waals surface area contributed by atoms with Crippen molar-refractivity contribution in [3.63, 3.8) is 0 Å². The summed E-state index contributed by atoms with van der Waals surface area (Å²) in [6.07, 6.45) is 0.582. The van der Waals surface area contributed by atoms with Gasteiger partial charge < -0.3 is 15.2 Å². The van der Waals surface area contributed by atoms with Crippen molar-refractivity contribution in [2.45, 2.75) is 33.2 Å². The molecule has 1 aromatic rings. The lowest BCUT2D eigenvalue weighted by Gasteiger charge is -2.19. The van der Waals surface area contributed by atoms with Crippen molar-refractivity contribution in [3.8, 4) is 5.75 Å². The summed E-state index contributed by atoms with van der Waals surface area (Å²) in [6.45, 7) is 6.21. The van der Waals surface area contributed by atoms with Gasteiger partial charge in [0.1, 0.15) is 5.75 Å². The predicted molar refractivity (Wildman–Crippen MR) is 82.7 cm³/mol. The highest BCUT2D eigenvalue weighted by Crippen LogP contribution is 2.29. The van der Waals surface area contributed by atoms with E-state index in [1.54, 1.807) is 0 Å². The van der Waals surface area contributed by atoms with E-state index in [4.69, 9.17) is 9.84 Å². The van der Waals surface area contributed by atoms with Crippen LogP contribution < -0.4 is 10.1 Å². The van der Waals surface area contributed by atoms with Crippen LogP contribution in [-0.2, 0) is 4.79 Å². The second-order valence-corrected chi connectivity index (χ2v) is 5.91. The number of carbonyl (C=O) groups excluding carboxylic acids is 1. The van der Waals surface area contributed by atoms with Gasteiger partial charge in [0, 0.05) is 29.0 Å². The fourth-order valence-electron chi connectivity index (χ4n) is 1.70. The molecule has 20 heavy (non-hydrogen) atoms. The number of rotatable bonds is 7. The third-order valence-electron chi connectivity index (χ3n) is 2.89. The van der Waals surface area contributed by atoms with Gasteiger partial charge >= 0.3 is 0 Å². The molecule has 0 aromatic heterocycles. The lowest BCUT2D eigenvalue weighted by molar-refractivity contribution is -0.124. The lowest BCUT2D eigenvalue weighted by Crippen LogP contribution is -2.30. The van der Waals surface area contributed by atoms with E-state index in [1.807, 2.05) is 39.0 Å². The Morgan fingerprint density at radius 3 is 2.70 bits per heavy atom. The average Bonchev–Trinajstić information content (AvgIpc) is 2.38. The number of hydrogen-bond acceptors (Lipinski definition) is 3. The Morgan fingerprint density at radius 1 is 1.40 bits per heavy atom. The van der Waals surface area contributed by atoms with Gasteiger partial charge in [-0.3, -0.25) is 4.79 Å². The summed E-state index contributed by atoms with van der Waals surface area (Å²) in [5.41, 5.74) is 0.931. The first-order valence-corrected chi connectivity index (χ1v) is 7.58. The van der Waals surface area contributed by atoms with Crippen LogP contribution in [0.2, 0.25) is 0 Å². The zero-order chi connectivity index (χ0) is 15.1. The van der Waals surface area contributed by atoms with Crippen LogP contribution >= 0.6 is 15.9 Å². The van der Waals surface area contributed by atoms with E-state index in [-0.39, 0.29) is 24.5 Å². The molecule has 4 nitrogen and oxygen atoms in total. The van der Waals surface area contributed by atoms with Crippen molar-refractivity contribution < 1.29 is 14.6 Å². The highest BCUT2D eigenvalue weighted by molar-refractivity contribution is 9.10. The van der Waals surface area contributed by atoms with Gasteiger partial charge in [-0.2, -0.15) is 0 Å². The van der Waals surface area contributed by atoms with Crippen molar-refractivity contribution in [1.29, 1.82) is 0 Å². The zero-order valence-electron chi connectivity index (χ0n) is 12.1. The fraction of sp³-hybridized carbons (Fsp3) is 0.533. The Kier molecular flexibility index (Phi) is 7.02. The first-order chi connectivity index (χ1) is 9.45. The van der Waals surface area contributed by atoms with E-state index in [9.17, 15) is 4.79 Å². The quantitative estimate of drug-likeness (QED) is 0.748. The summed E-state index contributed by atoms with van der Waals surface area (Å²) in [7, 11) is 0. The van der Waals surface area contributed by atoms with Crippen molar-refractivity contribution in [3.05, 3.63) is 28.2 Å². The first-order valence-electron chi connectivity index (χ1n) is 6.79. The minimum Gasteiger partial charge on any atom is -0.493 e. The summed E-state index contributed by atoms with van der Waals surface area (Å²) in [5.74, 6) is 0.692. The number of hydrogen-bond donors (Lipinski definition) is 2. The van der Waals surface area contributed by atoms with E-state index in [2.05, 4.69) is 21.2 Å². The summed E-state index contributed by atoms with van der Waals surface area (Å²) in [5, 5.41) is 11.8. The molecule has 1 atom stereocenters. The summed E-state index contributed by atoms with van der Waals surface area (Å²) in [4.78, 5) is 11.8. The van der Waals surface area contributed by atoms with Crippen molar-refractivity contribution in [2.75, 3.05) is 13.2 Å². The average molecular weight is 344 g/mol. The molecule has 0 bridgehead atoms. The van der Waals surface area contributed by atoms with Crippen LogP contribution in [0.15, 0.2) is 22.7 Å². The number of aliphatic hydroxyl groups is 1. The molecular formula is C15H22BrNO3. The standard InChI is InChI=1S/C15H22BrNO3/c1-10(2)15(19)17-11(3)13-6-5-12(16)9-14(13)20-8-4-7-18/h5-6,9-11,18H,4,7-8H2,1-3H3,(H,17,19). The summed E-state index contributed by atoms with van der Waals surface area (Å²) in [6, 6.07) is 5.61. The molecule has 1 unspecified atom stereocenters. The van der Waals surface area contributed by atoms with E-state index >= 15 is 0 Å². The van der Waals surface area contributed by atoms with E-state index in [0.29, 0.717) is 13.0 Å². The third-order valence-corrected chi connectivity index (χ3v) is 3.38. The van der Waals surface area contributed by atoms with Crippen LogP contribution in [0.3, 0.4) is 0 Å². The van der Waals surface area contributed by atoms with Gasteiger partial charge in [0.25, 0.3) is 0 Å². The molecule has 0 fully saturated rings. The van der Waals surface area contributed by atoms with Crippen LogP contribution in [0.5, 0.6) is 5.75 Å².